The van der Waals surface area contributed by atoms with E-state index in [1.165, 1.54) is 0 Å². The maximum absolute atomic E-state index is 12.1. The first kappa shape index (κ1) is 13.7. The van der Waals surface area contributed by atoms with E-state index < -0.39 is 18.0 Å². The third kappa shape index (κ3) is 4.55. The number of carbonyl (C=O) groups excluding carboxylic acids is 1. The predicted molar refractivity (Wildman–Crippen MR) is 54.7 cm³/mol. The zero-order valence-electron chi connectivity index (χ0n) is 8.87. The molecule has 0 radical (unpaired) electrons. The lowest BCUT2D eigenvalue weighted by molar-refractivity contribution is -0.144. The second-order valence-corrected chi connectivity index (χ2v) is 3.65. The number of nitrogens with zero attached hydrogens (tertiary/aromatic N) is 2. The molecule has 17 heavy (non-hydrogen) atoms. The maximum Gasteiger partial charge on any atom is 0.452 e. The summed E-state index contributed by atoms with van der Waals surface area (Å²) in [6.07, 6.45) is -4.48. The number of rotatable bonds is 5. The number of alkyl halides is 3. The molecule has 1 aromatic rings. The molecule has 0 aromatic carbocycles. The van der Waals surface area contributed by atoms with Gasteiger partial charge in [-0.05, 0) is 6.92 Å². The van der Waals surface area contributed by atoms with Gasteiger partial charge in [-0.2, -0.15) is 22.5 Å². The first-order valence-electron chi connectivity index (χ1n) is 4.74. The van der Waals surface area contributed by atoms with Gasteiger partial charge in [0, 0.05) is 18.1 Å². The third-order valence-electron chi connectivity index (χ3n) is 1.59. The summed E-state index contributed by atoms with van der Waals surface area (Å²) in [6, 6.07) is 0. The highest BCUT2D eigenvalue weighted by Crippen LogP contribution is 2.28. The smallest absolute Gasteiger partial charge is 0.452 e. The van der Waals surface area contributed by atoms with Crippen molar-refractivity contribution < 1.29 is 22.7 Å². The quantitative estimate of drug-likeness (QED) is 0.827. The summed E-state index contributed by atoms with van der Waals surface area (Å²) in [4.78, 5) is 14.2. The number of hydrogen-bond acceptors (Lipinski definition) is 6. The van der Waals surface area contributed by atoms with Gasteiger partial charge in [0.2, 0.25) is 11.0 Å². The van der Waals surface area contributed by atoms with Crippen LogP contribution in [0, 0.1) is 0 Å². The van der Waals surface area contributed by atoms with Crippen LogP contribution >= 0.6 is 11.5 Å². The molecule has 9 heteroatoms. The van der Waals surface area contributed by atoms with E-state index in [-0.39, 0.29) is 24.7 Å². The molecular formula is C8H10F3N3O2S. The van der Waals surface area contributed by atoms with E-state index >= 15 is 0 Å². The molecule has 1 heterocycles. The summed E-state index contributed by atoms with van der Waals surface area (Å²) in [5.41, 5.74) is 0. The van der Waals surface area contributed by atoms with Crippen LogP contribution in [0.2, 0.25) is 0 Å². The van der Waals surface area contributed by atoms with Gasteiger partial charge in [0.25, 0.3) is 0 Å². The standard InChI is InChI=1S/C8H10F3N3O2S/c1-2-16-5(15)3-4-12-7-13-6(14-17-7)8(9,10)11/h2-4H2,1H3,(H,12,13,14). The Labute approximate surface area is 99.2 Å². The van der Waals surface area contributed by atoms with E-state index in [2.05, 4.69) is 19.4 Å². The van der Waals surface area contributed by atoms with E-state index in [0.29, 0.717) is 11.5 Å². The van der Waals surface area contributed by atoms with E-state index in [9.17, 15) is 18.0 Å². The summed E-state index contributed by atoms with van der Waals surface area (Å²) < 4.78 is 44.2. The van der Waals surface area contributed by atoms with E-state index in [1.807, 2.05) is 0 Å². The Morgan fingerprint density at radius 1 is 1.53 bits per heavy atom. The summed E-state index contributed by atoms with van der Waals surface area (Å²) >= 11 is 0.597. The normalized spacial score (nSPS) is 11.3. The number of hydrogen-bond donors (Lipinski definition) is 1. The van der Waals surface area contributed by atoms with Crippen LogP contribution < -0.4 is 5.32 Å². The van der Waals surface area contributed by atoms with Gasteiger partial charge in [-0.1, -0.05) is 0 Å². The van der Waals surface area contributed by atoms with Crippen molar-refractivity contribution in [1.29, 1.82) is 0 Å². The average molecular weight is 269 g/mol. The molecule has 0 fully saturated rings. The monoisotopic (exact) mass is 269 g/mol. The molecule has 1 aromatic heterocycles. The fraction of sp³-hybridized carbons (Fsp3) is 0.625. The molecule has 0 atom stereocenters. The Morgan fingerprint density at radius 3 is 2.76 bits per heavy atom. The van der Waals surface area contributed by atoms with Crippen LogP contribution in [-0.4, -0.2) is 28.5 Å². The van der Waals surface area contributed by atoms with Crippen LogP contribution in [0.15, 0.2) is 0 Å². The van der Waals surface area contributed by atoms with Gasteiger partial charge in [-0.15, -0.1) is 0 Å². The second kappa shape index (κ2) is 5.80. The van der Waals surface area contributed by atoms with Gasteiger partial charge in [0.1, 0.15) is 0 Å². The van der Waals surface area contributed by atoms with Gasteiger partial charge in [0.05, 0.1) is 13.0 Å². The summed E-state index contributed by atoms with van der Waals surface area (Å²) in [6.45, 7) is 2.10. The summed E-state index contributed by atoms with van der Waals surface area (Å²) in [7, 11) is 0. The second-order valence-electron chi connectivity index (χ2n) is 2.90. The number of aromatic nitrogens is 2. The number of anilines is 1. The highest BCUT2D eigenvalue weighted by Gasteiger charge is 2.36. The van der Waals surface area contributed by atoms with Crippen LogP contribution in [0.25, 0.3) is 0 Å². The third-order valence-corrected chi connectivity index (χ3v) is 2.26. The molecule has 96 valence electrons. The molecule has 5 nitrogen and oxygen atoms in total. The molecule has 0 spiro atoms. The molecule has 0 saturated carbocycles. The van der Waals surface area contributed by atoms with Crippen molar-refractivity contribution in [1.82, 2.24) is 9.36 Å². The van der Waals surface area contributed by atoms with Crippen LogP contribution in [0.5, 0.6) is 0 Å². The van der Waals surface area contributed by atoms with Crippen LogP contribution in [0.3, 0.4) is 0 Å². The van der Waals surface area contributed by atoms with Crippen molar-refractivity contribution in [2.45, 2.75) is 19.5 Å². The van der Waals surface area contributed by atoms with Crippen molar-refractivity contribution >= 4 is 22.6 Å². The van der Waals surface area contributed by atoms with Crippen molar-refractivity contribution in [2.24, 2.45) is 0 Å². The molecule has 1 N–H and O–H groups in total. The lowest BCUT2D eigenvalue weighted by Crippen LogP contribution is -2.12. The van der Waals surface area contributed by atoms with E-state index in [1.54, 1.807) is 6.92 Å². The van der Waals surface area contributed by atoms with Gasteiger partial charge in [-0.3, -0.25) is 4.79 Å². The van der Waals surface area contributed by atoms with Crippen molar-refractivity contribution in [3.8, 4) is 0 Å². The fourth-order valence-corrected chi connectivity index (χ4v) is 1.53. The molecule has 0 unspecified atom stereocenters. The Hall–Kier alpha value is -1.38. The molecule has 0 saturated heterocycles. The first-order chi connectivity index (χ1) is 7.93. The fourth-order valence-electron chi connectivity index (χ4n) is 0.915. The van der Waals surface area contributed by atoms with E-state index in [0.717, 1.165) is 0 Å². The lowest BCUT2D eigenvalue weighted by atomic mass is 10.4. The van der Waals surface area contributed by atoms with Gasteiger partial charge < -0.3 is 10.1 Å². The minimum Gasteiger partial charge on any atom is -0.466 e. The molecule has 0 aliphatic rings. The number of carbonyl (C=O) groups is 1. The number of ether oxygens (including phenoxy) is 1. The number of esters is 1. The molecule has 0 bridgehead atoms. The zero-order valence-corrected chi connectivity index (χ0v) is 9.69. The highest BCUT2D eigenvalue weighted by atomic mass is 32.1. The molecule has 0 aliphatic carbocycles. The van der Waals surface area contributed by atoms with Crippen LogP contribution in [0.4, 0.5) is 18.3 Å². The predicted octanol–water partition coefficient (Wildman–Crippen LogP) is 1.92. The average Bonchev–Trinajstić information content (AvgIpc) is 2.66. The Bertz CT molecular complexity index is 380. The first-order valence-corrected chi connectivity index (χ1v) is 5.51. The number of halogens is 3. The Balaban J connectivity index is 2.38. The highest BCUT2D eigenvalue weighted by molar-refractivity contribution is 7.09. The van der Waals surface area contributed by atoms with Crippen LogP contribution in [0.1, 0.15) is 19.2 Å². The van der Waals surface area contributed by atoms with E-state index in [4.69, 9.17) is 0 Å². The zero-order chi connectivity index (χ0) is 12.9. The SMILES string of the molecule is CCOC(=O)CCNc1nc(C(F)(F)F)ns1. The van der Waals surface area contributed by atoms with Gasteiger partial charge >= 0.3 is 12.1 Å². The number of nitrogens with one attached hydrogen (secondary N) is 1. The van der Waals surface area contributed by atoms with Crippen molar-refractivity contribution in [3.05, 3.63) is 5.82 Å². The molecule has 0 amide bonds. The Kier molecular flexibility index (Phi) is 4.67. The maximum atomic E-state index is 12.1. The molecule has 1 rings (SSSR count). The summed E-state index contributed by atoms with van der Waals surface area (Å²) in [5, 5.41) is 2.60. The summed E-state index contributed by atoms with van der Waals surface area (Å²) in [5.74, 6) is -1.60. The topological polar surface area (TPSA) is 64.1 Å². The van der Waals surface area contributed by atoms with Crippen LogP contribution in [-0.2, 0) is 15.7 Å². The molecule has 0 aliphatic heterocycles. The molecular weight excluding hydrogens is 259 g/mol. The van der Waals surface area contributed by atoms with Gasteiger partial charge in [-0.25, -0.2) is 0 Å². The van der Waals surface area contributed by atoms with Gasteiger partial charge in [0.15, 0.2) is 0 Å². The Morgan fingerprint density at radius 2 is 2.24 bits per heavy atom. The van der Waals surface area contributed by atoms with Crippen molar-refractivity contribution in [3.63, 3.8) is 0 Å². The van der Waals surface area contributed by atoms with Crippen molar-refractivity contribution in [2.75, 3.05) is 18.5 Å². The minimum absolute atomic E-state index is 0.0293. The largest absolute Gasteiger partial charge is 0.466 e. The minimum atomic E-state index is -4.54. The lowest BCUT2D eigenvalue weighted by Gasteiger charge is -2.02.